The van der Waals surface area contributed by atoms with Crippen molar-refractivity contribution in [2.24, 2.45) is 5.92 Å². The van der Waals surface area contributed by atoms with Gasteiger partial charge in [-0.05, 0) is 37.3 Å². The molecule has 2 atom stereocenters. The predicted molar refractivity (Wildman–Crippen MR) is 77.2 cm³/mol. The largest absolute Gasteiger partial charge is 0.353 e. The topological polar surface area (TPSA) is 52.6 Å². The summed E-state index contributed by atoms with van der Waals surface area (Å²) in [5, 5.41) is 0. The van der Waals surface area contributed by atoms with E-state index in [2.05, 4.69) is 0 Å². The average molecular weight is 298 g/mol. The number of rotatable bonds is 6. The van der Waals surface area contributed by atoms with E-state index in [0.717, 1.165) is 25.9 Å². The molecule has 0 saturated carbocycles. The summed E-state index contributed by atoms with van der Waals surface area (Å²) < 4.78 is 35.5. The molecule has 0 radical (unpaired) electrons. The molecule has 0 N–H and O–H groups in total. The van der Waals surface area contributed by atoms with Crippen molar-refractivity contribution in [3.63, 3.8) is 0 Å². The maximum absolute atomic E-state index is 12.2. The Morgan fingerprint density at radius 2 is 2.05 bits per heavy atom. The molecule has 1 aliphatic rings. The second-order valence-electron chi connectivity index (χ2n) is 5.33. The minimum Gasteiger partial charge on any atom is -0.353 e. The van der Waals surface area contributed by atoms with Crippen LogP contribution in [-0.2, 0) is 19.3 Å². The molecule has 1 aromatic carbocycles. The molecule has 0 amide bonds. The average Bonchev–Trinajstić information content (AvgIpc) is 2.47. The standard InChI is InChI=1S/C15H22O4S/c1-13(11-19-15-9-5-6-10-18-15)12-20(16,17)14-7-3-2-4-8-14/h2-4,7-8,13,15H,5-6,9-12H2,1H3/t13-,15?/m0/s1. The third-order valence-corrected chi connectivity index (χ3v) is 5.31. The van der Waals surface area contributed by atoms with Gasteiger partial charge in [-0.25, -0.2) is 8.42 Å². The van der Waals surface area contributed by atoms with Crippen molar-refractivity contribution in [3.05, 3.63) is 30.3 Å². The van der Waals surface area contributed by atoms with Crippen molar-refractivity contribution in [1.29, 1.82) is 0 Å². The zero-order valence-corrected chi connectivity index (χ0v) is 12.6. The summed E-state index contributed by atoms with van der Waals surface area (Å²) in [6.45, 7) is 3.04. The Bertz CT molecular complexity index is 492. The van der Waals surface area contributed by atoms with Crippen LogP contribution in [0.4, 0.5) is 0 Å². The number of benzene rings is 1. The van der Waals surface area contributed by atoms with E-state index in [-0.39, 0.29) is 18.0 Å². The van der Waals surface area contributed by atoms with Gasteiger partial charge in [-0.1, -0.05) is 25.1 Å². The fourth-order valence-electron chi connectivity index (χ4n) is 2.26. The number of sulfone groups is 1. The Kier molecular flexibility index (Phi) is 5.57. The fraction of sp³-hybridized carbons (Fsp3) is 0.600. The lowest BCUT2D eigenvalue weighted by Crippen LogP contribution is -2.26. The molecule has 1 aromatic rings. The molecule has 5 heteroatoms. The lowest BCUT2D eigenvalue weighted by atomic mass is 10.2. The Morgan fingerprint density at radius 3 is 2.70 bits per heavy atom. The second-order valence-corrected chi connectivity index (χ2v) is 7.36. The van der Waals surface area contributed by atoms with Gasteiger partial charge in [0.1, 0.15) is 0 Å². The van der Waals surface area contributed by atoms with Gasteiger partial charge in [0.2, 0.25) is 0 Å². The van der Waals surface area contributed by atoms with E-state index in [9.17, 15) is 8.42 Å². The summed E-state index contributed by atoms with van der Waals surface area (Å²) in [7, 11) is -3.23. The number of ether oxygens (including phenoxy) is 2. The Morgan fingerprint density at radius 1 is 1.30 bits per heavy atom. The van der Waals surface area contributed by atoms with Gasteiger partial charge >= 0.3 is 0 Å². The highest BCUT2D eigenvalue weighted by molar-refractivity contribution is 7.91. The van der Waals surface area contributed by atoms with Gasteiger partial charge in [0.05, 0.1) is 17.3 Å². The third-order valence-electron chi connectivity index (χ3n) is 3.31. The Balaban J connectivity index is 1.83. The molecule has 0 bridgehead atoms. The van der Waals surface area contributed by atoms with Crippen molar-refractivity contribution in [1.82, 2.24) is 0 Å². The SMILES string of the molecule is C[C@@H](COC1CCCCO1)CS(=O)(=O)c1ccccc1. The van der Waals surface area contributed by atoms with Crippen LogP contribution in [-0.4, -0.2) is 33.7 Å². The zero-order chi connectivity index (χ0) is 14.4. The van der Waals surface area contributed by atoms with E-state index in [1.807, 2.05) is 13.0 Å². The molecule has 112 valence electrons. The predicted octanol–water partition coefficient (Wildman–Crippen LogP) is 2.64. The van der Waals surface area contributed by atoms with Crippen LogP contribution in [0.1, 0.15) is 26.2 Å². The van der Waals surface area contributed by atoms with E-state index < -0.39 is 9.84 Å². The normalized spacial score (nSPS) is 21.6. The molecule has 1 aliphatic heterocycles. The van der Waals surface area contributed by atoms with Gasteiger partial charge in [0, 0.05) is 6.61 Å². The molecule has 0 aliphatic carbocycles. The summed E-state index contributed by atoms with van der Waals surface area (Å²) in [5.41, 5.74) is 0. The molecule has 1 heterocycles. The van der Waals surface area contributed by atoms with Crippen molar-refractivity contribution in [2.45, 2.75) is 37.4 Å². The zero-order valence-electron chi connectivity index (χ0n) is 11.8. The molecule has 4 nitrogen and oxygen atoms in total. The van der Waals surface area contributed by atoms with Gasteiger partial charge in [-0.3, -0.25) is 0 Å². The molecule has 2 rings (SSSR count). The van der Waals surface area contributed by atoms with Crippen molar-refractivity contribution in [3.8, 4) is 0 Å². The van der Waals surface area contributed by atoms with Gasteiger partial charge in [0.15, 0.2) is 16.1 Å². The highest BCUT2D eigenvalue weighted by Crippen LogP contribution is 2.17. The van der Waals surface area contributed by atoms with Crippen molar-refractivity contribution < 1.29 is 17.9 Å². The number of hydrogen-bond acceptors (Lipinski definition) is 4. The van der Waals surface area contributed by atoms with E-state index >= 15 is 0 Å². The summed E-state index contributed by atoms with van der Waals surface area (Å²) in [4.78, 5) is 0.376. The first-order valence-corrected chi connectivity index (χ1v) is 8.74. The summed E-state index contributed by atoms with van der Waals surface area (Å²) in [6, 6.07) is 8.56. The van der Waals surface area contributed by atoms with Crippen molar-refractivity contribution in [2.75, 3.05) is 19.0 Å². The molecule has 1 saturated heterocycles. The van der Waals surface area contributed by atoms with Gasteiger partial charge in [-0.15, -0.1) is 0 Å². The van der Waals surface area contributed by atoms with Gasteiger partial charge < -0.3 is 9.47 Å². The third kappa shape index (κ3) is 4.58. The van der Waals surface area contributed by atoms with Crippen LogP contribution in [0.5, 0.6) is 0 Å². The quantitative estimate of drug-likeness (QED) is 0.810. The maximum Gasteiger partial charge on any atom is 0.178 e. The lowest BCUT2D eigenvalue weighted by molar-refractivity contribution is -0.167. The van der Waals surface area contributed by atoms with Crippen LogP contribution in [0.3, 0.4) is 0 Å². The summed E-state index contributed by atoms with van der Waals surface area (Å²) >= 11 is 0. The first-order chi connectivity index (χ1) is 9.58. The molecule has 1 unspecified atom stereocenters. The minimum atomic E-state index is -3.23. The van der Waals surface area contributed by atoms with Gasteiger partial charge in [0.25, 0.3) is 0 Å². The van der Waals surface area contributed by atoms with E-state index in [4.69, 9.17) is 9.47 Å². The smallest absolute Gasteiger partial charge is 0.178 e. The molecule has 0 aromatic heterocycles. The van der Waals surface area contributed by atoms with Crippen LogP contribution in [0, 0.1) is 5.92 Å². The summed E-state index contributed by atoms with van der Waals surface area (Å²) in [5.74, 6) is 0.0507. The lowest BCUT2D eigenvalue weighted by Gasteiger charge is -2.24. The maximum atomic E-state index is 12.2. The van der Waals surface area contributed by atoms with Crippen molar-refractivity contribution >= 4 is 9.84 Å². The molecular weight excluding hydrogens is 276 g/mol. The minimum absolute atomic E-state index is 0.0502. The Hall–Kier alpha value is -0.910. The first-order valence-electron chi connectivity index (χ1n) is 7.09. The van der Waals surface area contributed by atoms with E-state index in [1.54, 1.807) is 24.3 Å². The van der Waals surface area contributed by atoms with Crippen LogP contribution in [0.15, 0.2) is 35.2 Å². The van der Waals surface area contributed by atoms with Crippen LogP contribution in [0.2, 0.25) is 0 Å². The molecule has 20 heavy (non-hydrogen) atoms. The second kappa shape index (κ2) is 7.20. The van der Waals surface area contributed by atoms with Crippen LogP contribution < -0.4 is 0 Å². The summed E-state index contributed by atoms with van der Waals surface area (Å²) in [6.07, 6.45) is 2.93. The number of hydrogen-bond donors (Lipinski definition) is 0. The van der Waals surface area contributed by atoms with Crippen LogP contribution in [0.25, 0.3) is 0 Å². The van der Waals surface area contributed by atoms with E-state index in [0.29, 0.717) is 11.5 Å². The highest BCUT2D eigenvalue weighted by Gasteiger charge is 2.20. The molecule has 1 fully saturated rings. The van der Waals surface area contributed by atoms with Gasteiger partial charge in [-0.2, -0.15) is 0 Å². The fourth-order valence-corrected chi connectivity index (χ4v) is 3.87. The van der Waals surface area contributed by atoms with Crippen LogP contribution >= 0.6 is 0 Å². The van der Waals surface area contributed by atoms with E-state index in [1.165, 1.54) is 0 Å². The molecule has 0 spiro atoms. The monoisotopic (exact) mass is 298 g/mol. The molecular formula is C15H22O4S. The first kappa shape index (κ1) is 15.5. The Labute approximate surface area is 121 Å². The highest BCUT2D eigenvalue weighted by atomic mass is 32.2.